The van der Waals surface area contributed by atoms with Gasteiger partial charge in [-0.2, -0.15) is 18.2 Å². The SMILES string of the molecule is CC[C@@H]1[C@@H]2OC[C@H]1N(CCCNc1nc(Nc3ccc(N4CCN(C)CC4)cc3C3CC3)ncc1C(F)(F)F)C2=O. The number of carbonyl (C=O) groups excluding carboxylic acids is 1. The summed E-state index contributed by atoms with van der Waals surface area (Å²) in [6.45, 7) is 7.23. The number of anilines is 4. The number of halogens is 3. The summed E-state index contributed by atoms with van der Waals surface area (Å²) >= 11 is 0. The zero-order valence-corrected chi connectivity index (χ0v) is 23.6. The summed E-state index contributed by atoms with van der Waals surface area (Å²) in [4.78, 5) is 27.4. The fourth-order valence-corrected chi connectivity index (χ4v) is 6.33. The number of amides is 1. The second-order valence-corrected chi connectivity index (χ2v) is 11.6. The molecule has 0 unspecified atom stereocenters. The Balaban J connectivity index is 1.14. The molecule has 0 spiro atoms. The minimum atomic E-state index is -4.60. The molecule has 0 radical (unpaired) electrons. The minimum absolute atomic E-state index is 0.0114. The number of likely N-dealkylation sites (tertiary alicyclic amines) is 1. The van der Waals surface area contributed by atoms with E-state index in [-0.39, 0.29) is 42.3 Å². The van der Waals surface area contributed by atoms with Gasteiger partial charge >= 0.3 is 6.18 Å². The average Bonchev–Trinajstić information content (AvgIpc) is 3.66. The highest BCUT2D eigenvalue weighted by Crippen LogP contribution is 2.45. The molecule has 3 saturated heterocycles. The molecule has 1 saturated carbocycles. The van der Waals surface area contributed by atoms with Gasteiger partial charge < -0.3 is 30.1 Å². The number of hydrogen-bond acceptors (Lipinski definition) is 8. The van der Waals surface area contributed by atoms with E-state index in [9.17, 15) is 18.0 Å². The number of benzene rings is 1. The van der Waals surface area contributed by atoms with Gasteiger partial charge in [-0.15, -0.1) is 0 Å². The molecule has 222 valence electrons. The number of nitrogens with zero attached hydrogens (tertiary/aromatic N) is 5. The fraction of sp³-hybridized carbons (Fsp3) is 0.621. The van der Waals surface area contributed by atoms with Gasteiger partial charge in [0.2, 0.25) is 5.95 Å². The van der Waals surface area contributed by atoms with Crippen LogP contribution in [0.3, 0.4) is 0 Å². The molecule has 9 nitrogen and oxygen atoms in total. The molecule has 3 atom stereocenters. The zero-order valence-electron chi connectivity index (χ0n) is 23.6. The van der Waals surface area contributed by atoms with Gasteiger partial charge in [0.25, 0.3) is 5.91 Å². The fourth-order valence-electron chi connectivity index (χ4n) is 6.33. The first-order valence-corrected chi connectivity index (χ1v) is 14.7. The maximum atomic E-state index is 13.8. The molecule has 2 N–H and O–H groups in total. The van der Waals surface area contributed by atoms with Crippen LogP contribution in [0.25, 0.3) is 0 Å². The van der Waals surface area contributed by atoms with Gasteiger partial charge in [0.15, 0.2) is 0 Å². The highest BCUT2D eigenvalue weighted by Gasteiger charge is 2.52. The maximum Gasteiger partial charge on any atom is 0.421 e. The molecular formula is C29H38F3N7O2. The van der Waals surface area contributed by atoms with Crippen LogP contribution in [0.4, 0.5) is 36.3 Å². The van der Waals surface area contributed by atoms with Crippen LogP contribution in [-0.2, 0) is 15.7 Å². The van der Waals surface area contributed by atoms with Crippen molar-refractivity contribution in [1.29, 1.82) is 0 Å². The first kappa shape index (κ1) is 28.0. The third-order valence-electron chi connectivity index (χ3n) is 8.86. The van der Waals surface area contributed by atoms with Crippen molar-refractivity contribution in [3.63, 3.8) is 0 Å². The van der Waals surface area contributed by atoms with E-state index in [1.807, 2.05) is 17.9 Å². The number of aromatic nitrogens is 2. The van der Waals surface area contributed by atoms with E-state index in [0.29, 0.717) is 25.5 Å². The normalized spacial score (nSPS) is 24.8. The largest absolute Gasteiger partial charge is 0.421 e. The number of fused-ring (bicyclic) bond motifs is 2. The second-order valence-electron chi connectivity index (χ2n) is 11.6. The Morgan fingerprint density at radius 3 is 2.61 bits per heavy atom. The van der Waals surface area contributed by atoms with E-state index in [1.54, 1.807) is 0 Å². The van der Waals surface area contributed by atoms with Crippen molar-refractivity contribution in [2.75, 3.05) is 68.5 Å². The number of nitrogens with one attached hydrogen (secondary N) is 2. The molecule has 4 aliphatic rings. The lowest BCUT2D eigenvalue weighted by Crippen LogP contribution is -2.44. The number of alkyl halides is 3. The topological polar surface area (TPSA) is 85.9 Å². The third kappa shape index (κ3) is 5.81. The van der Waals surface area contributed by atoms with E-state index >= 15 is 0 Å². The predicted octanol–water partition coefficient (Wildman–Crippen LogP) is 4.31. The third-order valence-corrected chi connectivity index (χ3v) is 8.86. The van der Waals surface area contributed by atoms with Gasteiger partial charge in [-0.05, 0) is 62.4 Å². The molecule has 2 aromatic rings. The van der Waals surface area contributed by atoms with Crippen molar-refractivity contribution in [2.24, 2.45) is 5.92 Å². The lowest BCUT2D eigenvalue weighted by Gasteiger charge is -2.34. The Bertz CT molecular complexity index is 1260. The van der Waals surface area contributed by atoms with Crippen molar-refractivity contribution >= 4 is 29.0 Å². The summed E-state index contributed by atoms with van der Waals surface area (Å²) in [7, 11) is 2.13. The molecule has 1 amide bonds. The van der Waals surface area contributed by atoms with E-state index in [2.05, 4.69) is 49.6 Å². The summed E-state index contributed by atoms with van der Waals surface area (Å²) in [5.41, 5.74) is 2.24. The van der Waals surface area contributed by atoms with Crippen LogP contribution in [0.1, 0.15) is 49.7 Å². The second kappa shape index (κ2) is 11.3. The van der Waals surface area contributed by atoms with E-state index in [4.69, 9.17) is 4.74 Å². The van der Waals surface area contributed by atoms with Crippen LogP contribution in [0.15, 0.2) is 24.4 Å². The first-order chi connectivity index (χ1) is 19.7. The van der Waals surface area contributed by atoms with Crippen LogP contribution < -0.4 is 15.5 Å². The molecule has 4 heterocycles. The van der Waals surface area contributed by atoms with Crippen molar-refractivity contribution in [3.05, 3.63) is 35.5 Å². The van der Waals surface area contributed by atoms with E-state index < -0.39 is 11.7 Å². The van der Waals surface area contributed by atoms with Gasteiger partial charge in [-0.25, -0.2) is 4.98 Å². The Kier molecular flexibility index (Phi) is 7.71. The lowest BCUT2D eigenvalue weighted by atomic mass is 9.98. The van der Waals surface area contributed by atoms with Gasteiger partial charge in [0, 0.05) is 62.8 Å². The standard InChI is InChI=1S/C29H38F3N7O2/c1-3-20-24-17-41-25(20)27(40)39(24)10-4-9-33-26-22(29(30,31)32)16-34-28(36-26)35-23-8-7-19(15-21(23)18-5-6-18)38-13-11-37(2)12-14-38/h7-8,15-16,18,20,24-25H,3-6,9-14,17H2,1-2H3,(H2,33,34,35,36)/t20-,24+,25-/m0/s1. The van der Waals surface area contributed by atoms with Crippen LogP contribution in [0, 0.1) is 5.92 Å². The monoisotopic (exact) mass is 573 g/mol. The Labute approximate surface area is 238 Å². The number of carbonyl (C=O) groups is 1. The molecule has 1 aromatic heterocycles. The predicted molar refractivity (Wildman–Crippen MR) is 151 cm³/mol. The molecule has 1 aliphatic carbocycles. The Morgan fingerprint density at radius 1 is 1.15 bits per heavy atom. The Morgan fingerprint density at radius 2 is 1.93 bits per heavy atom. The van der Waals surface area contributed by atoms with Crippen molar-refractivity contribution in [1.82, 2.24) is 19.8 Å². The van der Waals surface area contributed by atoms with Crippen LogP contribution in [0.2, 0.25) is 0 Å². The molecule has 2 bridgehead atoms. The van der Waals surface area contributed by atoms with Crippen LogP contribution >= 0.6 is 0 Å². The Hall–Kier alpha value is -3.12. The highest BCUT2D eigenvalue weighted by molar-refractivity contribution is 5.85. The molecule has 41 heavy (non-hydrogen) atoms. The quantitative estimate of drug-likeness (QED) is 0.407. The van der Waals surface area contributed by atoms with Crippen LogP contribution in [0.5, 0.6) is 0 Å². The molecule has 1 aromatic carbocycles. The summed E-state index contributed by atoms with van der Waals surface area (Å²) in [5.74, 6) is 0.464. The minimum Gasteiger partial charge on any atom is -0.369 e. The van der Waals surface area contributed by atoms with Crippen molar-refractivity contribution in [3.8, 4) is 0 Å². The van der Waals surface area contributed by atoms with E-state index in [1.165, 1.54) is 5.69 Å². The molecule has 12 heteroatoms. The summed E-state index contributed by atoms with van der Waals surface area (Å²) in [6.07, 6.45) is -0.598. The number of ether oxygens (including phenoxy) is 1. The molecule has 6 rings (SSSR count). The first-order valence-electron chi connectivity index (χ1n) is 14.7. The lowest BCUT2D eigenvalue weighted by molar-refractivity contribution is -0.144. The van der Waals surface area contributed by atoms with Gasteiger partial charge in [0.05, 0.1) is 12.6 Å². The zero-order chi connectivity index (χ0) is 28.7. The maximum absolute atomic E-state index is 13.8. The average molecular weight is 574 g/mol. The summed E-state index contributed by atoms with van der Waals surface area (Å²) in [6, 6.07) is 6.31. The molecule has 3 aliphatic heterocycles. The van der Waals surface area contributed by atoms with Gasteiger partial charge in [0.1, 0.15) is 17.5 Å². The molecular weight excluding hydrogens is 535 g/mol. The number of rotatable bonds is 10. The number of morpholine rings is 1. The van der Waals surface area contributed by atoms with E-state index in [0.717, 1.165) is 62.9 Å². The van der Waals surface area contributed by atoms with Gasteiger partial charge in [-0.3, -0.25) is 4.79 Å². The number of likely N-dealkylation sites (N-methyl/N-ethyl adjacent to an activating group) is 1. The molecule has 4 fully saturated rings. The highest BCUT2D eigenvalue weighted by atomic mass is 19.4. The number of hydrogen-bond donors (Lipinski definition) is 2. The van der Waals surface area contributed by atoms with Crippen molar-refractivity contribution in [2.45, 2.75) is 56.8 Å². The van der Waals surface area contributed by atoms with Crippen molar-refractivity contribution < 1.29 is 22.7 Å². The summed E-state index contributed by atoms with van der Waals surface area (Å²) in [5, 5.41) is 6.07. The van der Waals surface area contributed by atoms with Gasteiger partial charge in [-0.1, -0.05) is 6.92 Å². The summed E-state index contributed by atoms with van der Waals surface area (Å²) < 4.78 is 47.0. The number of piperazine rings is 1. The van der Waals surface area contributed by atoms with Crippen LogP contribution in [-0.4, -0.2) is 90.7 Å². The smallest absolute Gasteiger partial charge is 0.369 e.